The summed E-state index contributed by atoms with van der Waals surface area (Å²) < 4.78 is 24.8. The van der Waals surface area contributed by atoms with Crippen LogP contribution in [-0.2, 0) is 17.8 Å². The van der Waals surface area contributed by atoms with Gasteiger partial charge in [-0.25, -0.2) is 9.38 Å². The van der Waals surface area contributed by atoms with Crippen LogP contribution in [0.2, 0.25) is 0 Å². The van der Waals surface area contributed by atoms with Crippen LogP contribution >= 0.6 is 0 Å². The summed E-state index contributed by atoms with van der Waals surface area (Å²) in [5.41, 5.74) is 2.51. The number of aliphatic imine (C=N–C) groups is 1. The molecule has 2 N–H and O–H groups in total. The van der Waals surface area contributed by atoms with E-state index in [0.717, 1.165) is 30.0 Å². The minimum Gasteiger partial charge on any atom is -0.493 e. The zero-order valence-corrected chi connectivity index (χ0v) is 18.4. The summed E-state index contributed by atoms with van der Waals surface area (Å²) in [6.45, 7) is 5.02. The first kappa shape index (κ1) is 23.6. The molecule has 0 amide bonds. The van der Waals surface area contributed by atoms with E-state index in [1.54, 1.807) is 13.2 Å². The molecule has 0 unspecified atom stereocenters. The van der Waals surface area contributed by atoms with Crippen LogP contribution in [0.15, 0.2) is 47.5 Å². The molecule has 164 valence electrons. The molecule has 6 nitrogen and oxygen atoms in total. The molecular formula is C23H33FN4O2. The summed E-state index contributed by atoms with van der Waals surface area (Å²) in [6, 6.07) is 12.9. The number of guanidine groups is 1. The smallest absolute Gasteiger partial charge is 0.196 e. The number of ether oxygens (including phenoxy) is 2. The van der Waals surface area contributed by atoms with E-state index in [2.05, 4.69) is 15.6 Å². The van der Waals surface area contributed by atoms with Crippen molar-refractivity contribution in [3.05, 3.63) is 59.4 Å². The Morgan fingerprint density at radius 1 is 1.13 bits per heavy atom. The highest BCUT2D eigenvalue weighted by Crippen LogP contribution is 2.18. The first-order valence-corrected chi connectivity index (χ1v) is 10.2. The summed E-state index contributed by atoms with van der Waals surface area (Å²) in [5.74, 6) is 1.26. The van der Waals surface area contributed by atoms with Gasteiger partial charge in [0.2, 0.25) is 0 Å². The largest absolute Gasteiger partial charge is 0.493 e. The van der Waals surface area contributed by atoms with Gasteiger partial charge in [0.1, 0.15) is 11.6 Å². The number of hydrogen-bond acceptors (Lipinski definition) is 4. The molecule has 0 spiro atoms. The summed E-state index contributed by atoms with van der Waals surface area (Å²) in [5, 5.41) is 6.54. The molecule has 2 aromatic rings. The van der Waals surface area contributed by atoms with Crippen molar-refractivity contribution in [1.29, 1.82) is 0 Å². The fourth-order valence-electron chi connectivity index (χ4n) is 2.86. The highest BCUT2D eigenvalue weighted by atomic mass is 19.1. The predicted octanol–water partition coefficient (Wildman–Crippen LogP) is 3.88. The maximum Gasteiger partial charge on any atom is 0.196 e. The van der Waals surface area contributed by atoms with Crippen LogP contribution in [0.4, 0.5) is 10.1 Å². The second kappa shape index (κ2) is 12.8. The molecule has 0 atom stereocenters. The molecule has 0 heterocycles. The van der Waals surface area contributed by atoms with Gasteiger partial charge in [-0.05, 0) is 50.8 Å². The SMILES string of the molecule is CCNC(=NCc1ccc(F)c(CN(C)C)c1)Nc1cccc(OCCCOC)c1. The van der Waals surface area contributed by atoms with E-state index >= 15 is 0 Å². The molecule has 0 bridgehead atoms. The lowest BCUT2D eigenvalue weighted by Gasteiger charge is -2.14. The van der Waals surface area contributed by atoms with Gasteiger partial charge in [-0.1, -0.05) is 12.1 Å². The van der Waals surface area contributed by atoms with Crippen LogP contribution in [0, 0.1) is 5.82 Å². The van der Waals surface area contributed by atoms with Crippen molar-refractivity contribution in [1.82, 2.24) is 10.2 Å². The molecule has 2 rings (SSSR count). The lowest BCUT2D eigenvalue weighted by atomic mass is 10.1. The zero-order chi connectivity index (χ0) is 21.8. The maximum absolute atomic E-state index is 14.0. The Labute approximate surface area is 179 Å². The first-order chi connectivity index (χ1) is 14.5. The van der Waals surface area contributed by atoms with Crippen molar-refractivity contribution in [2.24, 2.45) is 4.99 Å². The fourth-order valence-corrected chi connectivity index (χ4v) is 2.86. The summed E-state index contributed by atoms with van der Waals surface area (Å²) in [4.78, 5) is 6.59. The van der Waals surface area contributed by atoms with Gasteiger partial charge in [0, 0.05) is 50.5 Å². The van der Waals surface area contributed by atoms with Gasteiger partial charge in [0.15, 0.2) is 5.96 Å². The maximum atomic E-state index is 14.0. The van der Waals surface area contributed by atoms with Crippen molar-refractivity contribution in [3.63, 3.8) is 0 Å². The van der Waals surface area contributed by atoms with E-state index in [0.29, 0.717) is 37.8 Å². The number of nitrogens with one attached hydrogen (secondary N) is 2. The number of hydrogen-bond donors (Lipinski definition) is 2. The minimum atomic E-state index is -0.191. The molecule has 0 aromatic heterocycles. The molecule has 30 heavy (non-hydrogen) atoms. The van der Waals surface area contributed by atoms with Gasteiger partial charge >= 0.3 is 0 Å². The molecule has 0 radical (unpaired) electrons. The number of nitrogens with zero attached hydrogens (tertiary/aromatic N) is 2. The van der Waals surface area contributed by atoms with E-state index in [4.69, 9.17) is 9.47 Å². The van der Waals surface area contributed by atoms with Crippen LogP contribution < -0.4 is 15.4 Å². The third-order valence-corrected chi connectivity index (χ3v) is 4.22. The molecule has 2 aromatic carbocycles. The van der Waals surface area contributed by atoms with Crippen LogP contribution in [0.1, 0.15) is 24.5 Å². The van der Waals surface area contributed by atoms with Gasteiger partial charge in [0.05, 0.1) is 13.2 Å². The average molecular weight is 417 g/mol. The third-order valence-electron chi connectivity index (χ3n) is 4.22. The highest BCUT2D eigenvalue weighted by Gasteiger charge is 2.06. The van der Waals surface area contributed by atoms with Crippen LogP contribution in [0.3, 0.4) is 0 Å². The zero-order valence-electron chi connectivity index (χ0n) is 18.4. The van der Waals surface area contributed by atoms with Crippen molar-refractivity contribution >= 4 is 11.6 Å². The lowest BCUT2D eigenvalue weighted by Crippen LogP contribution is -2.30. The molecule has 0 aliphatic carbocycles. The van der Waals surface area contributed by atoms with E-state index in [9.17, 15) is 4.39 Å². The summed E-state index contributed by atoms with van der Waals surface area (Å²) >= 11 is 0. The second-order valence-corrected chi connectivity index (χ2v) is 7.21. The number of anilines is 1. The molecule has 0 aliphatic rings. The van der Waals surface area contributed by atoms with Gasteiger partial charge in [-0.3, -0.25) is 0 Å². The van der Waals surface area contributed by atoms with E-state index in [1.807, 2.05) is 56.3 Å². The molecule has 0 saturated carbocycles. The quantitative estimate of drug-likeness (QED) is 0.331. The van der Waals surface area contributed by atoms with E-state index in [1.165, 1.54) is 6.07 Å². The Balaban J connectivity index is 2.04. The second-order valence-electron chi connectivity index (χ2n) is 7.21. The number of methoxy groups -OCH3 is 1. The van der Waals surface area contributed by atoms with Gasteiger partial charge < -0.3 is 25.0 Å². The molecule has 0 saturated heterocycles. The summed E-state index contributed by atoms with van der Waals surface area (Å²) in [7, 11) is 5.53. The minimum absolute atomic E-state index is 0.191. The van der Waals surface area contributed by atoms with Crippen LogP contribution in [0.5, 0.6) is 5.75 Å². The van der Waals surface area contributed by atoms with Crippen molar-refractivity contribution in [3.8, 4) is 5.75 Å². The number of benzene rings is 2. The third kappa shape index (κ3) is 8.39. The van der Waals surface area contributed by atoms with Crippen molar-refractivity contribution in [2.75, 3.05) is 46.3 Å². The molecular weight excluding hydrogens is 383 g/mol. The Hall–Kier alpha value is -2.64. The molecule has 7 heteroatoms. The Kier molecular flexibility index (Phi) is 10.1. The number of rotatable bonds is 11. The van der Waals surface area contributed by atoms with Crippen molar-refractivity contribution in [2.45, 2.75) is 26.4 Å². The van der Waals surface area contributed by atoms with Gasteiger partial charge in [-0.2, -0.15) is 0 Å². The van der Waals surface area contributed by atoms with Gasteiger partial charge in [-0.15, -0.1) is 0 Å². The summed E-state index contributed by atoms with van der Waals surface area (Å²) in [6.07, 6.45) is 0.839. The van der Waals surface area contributed by atoms with E-state index in [-0.39, 0.29) is 5.82 Å². The highest BCUT2D eigenvalue weighted by molar-refractivity contribution is 5.93. The number of halogens is 1. The first-order valence-electron chi connectivity index (χ1n) is 10.2. The van der Waals surface area contributed by atoms with E-state index < -0.39 is 0 Å². The Bertz CT molecular complexity index is 812. The Morgan fingerprint density at radius 2 is 1.97 bits per heavy atom. The van der Waals surface area contributed by atoms with Crippen LogP contribution in [-0.4, -0.2) is 51.8 Å². The standard InChI is InChI=1S/C23H33FN4O2/c1-5-25-23(26-16-18-10-11-22(24)19(14-18)17-28(2)3)27-20-8-6-9-21(15-20)30-13-7-12-29-4/h6,8-11,14-15H,5,7,12-13,16-17H2,1-4H3,(H2,25,26,27). The molecule has 0 fully saturated rings. The lowest BCUT2D eigenvalue weighted by molar-refractivity contribution is 0.172. The van der Waals surface area contributed by atoms with Crippen molar-refractivity contribution < 1.29 is 13.9 Å². The van der Waals surface area contributed by atoms with Crippen LogP contribution in [0.25, 0.3) is 0 Å². The normalized spacial score (nSPS) is 11.6. The fraction of sp³-hybridized carbons (Fsp3) is 0.435. The average Bonchev–Trinajstić information content (AvgIpc) is 2.72. The molecule has 0 aliphatic heterocycles. The topological polar surface area (TPSA) is 58.1 Å². The monoisotopic (exact) mass is 416 g/mol. The predicted molar refractivity (Wildman–Crippen MR) is 121 cm³/mol. The van der Waals surface area contributed by atoms with Gasteiger partial charge in [0.25, 0.3) is 0 Å². The Morgan fingerprint density at radius 3 is 2.70 bits per heavy atom.